The molecule has 6 nitrogen and oxygen atoms in total. The highest BCUT2D eigenvalue weighted by Gasteiger charge is 2.35. The van der Waals surface area contributed by atoms with E-state index in [1.54, 1.807) is 0 Å². The lowest BCUT2D eigenvalue weighted by molar-refractivity contribution is -0.144. The van der Waals surface area contributed by atoms with Crippen molar-refractivity contribution < 1.29 is 13.2 Å². The largest absolute Gasteiger partial charge is 0.453 e. The van der Waals surface area contributed by atoms with E-state index in [1.165, 1.54) is 0 Å². The highest BCUT2D eigenvalue weighted by atomic mass is 19.4. The fourth-order valence-corrected chi connectivity index (χ4v) is 1.14. The molecule has 1 saturated carbocycles. The second-order valence-corrected chi connectivity index (χ2v) is 3.72. The number of hydrogen-bond acceptors (Lipinski definition) is 3. The number of H-pyrrole nitrogens is 1. The van der Waals surface area contributed by atoms with Crippen LogP contribution in [0.5, 0.6) is 0 Å². The molecule has 4 N–H and O–H groups in total. The Hall–Kier alpha value is -1.80. The number of aliphatic imine (C=N–C) groups is 1. The van der Waals surface area contributed by atoms with Gasteiger partial charge in [-0.1, -0.05) is 0 Å². The van der Waals surface area contributed by atoms with Crippen molar-refractivity contribution in [3.8, 4) is 0 Å². The molecule has 9 heteroatoms. The number of guanidine groups is 1. The summed E-state index contributed by atoms with van der Waals surface area (Å²) in [6, 6.07) is 0.346. The Kier molecular flexibility index (Phi) is 2.90. The minimum absolute atomic E-state index is 0.0258. The molecule has 1 aliphatic carbocycles. The molecule has 2 rings (SSSR count). The van der Waals surface area contributed by atoms with E-state index in [9.17, 15) is 13.2 Å². The highest BCUT2D eigenvalue weighted by Crippen LogP contribution is 2.25. The number of nitrogens with two attached hydrogens (primary N) is 1. The first kappa shape index (κ1) is 11.7. The van der Waals surface area contributed by atoms with Crippen molar-refractivity contribution in [2.45, 2.75) is 31.6 Å². The summed E-state index contributed by atoms with van der Waals surface area (Å²) in [7, 11) is 0. The van der Waals surface area contributed by atoms with Crippen molar-refractivity contribution in [2.75, 3.05) is 0 Å². The number of nitrogens with one attached hydrogen (secondary N) is 2. The Morgan fingerprint density at radius 2 is 2.24 bits per heavy atom. The number of alkyl halides is 3. The van der Waals surface area contributed by atoms with Crippen LogP contribution in [0.4, 0.5) is 13.2 Å². The van der Waals surface area contributed by atoms with Crippen molar-refractivity contribution in [2.24, 2.45) is 10.7 Å². The third-order valence-electron chi connectivity index (χ3n) is 2.11. The molecule has 0 unspecified atom stereocenters. The summed E-state index contributed by atoms with van der Waals surface area (Å²) in [5, 5.41) is 8.12. The summed E-state index contributed by atoms with van der Waals surface area (Å²) >= 11 is 0. The van der Waals surface area contributed by atoms with Gasteiger partial charge in [0.25, 0.3) is 5.82 Å². The van der Waals surface area contributed by atoms with Gasteiger partial charge in [-0.25, -0.2) is 9.98 Å². The molecule has 0 aliphatic heterocycles. The van der Waals surface area contributed by atoms with E-state index in [1.807, 2.05) is 0 Å². The van der Waals surface area contributed by atoms with Crippen LogP contribution in [-0.2, 0) is 12.7 Å². The maximum atomic E-state index is 12.2. The average molecular weight is 248 g/mol. The zero-order chi connectivity index (χ0) is 12.5. The van der Waals surface area contributed by atoms with Crippen LogP contribution in [-0.4, -0.2) is 27.2 Å². The topological polar surface area (TPSA) is 92.0 Å². The van der Waals surface area contributed by atoms with Gasteiger partial charge in [0.15, 0.2) is 5.96 Å². The molecule has 0 spiro atoms. The van der Waals surface area contributed by atoms with Crippen LogP contribution in [0.1, 0.15) is 24.5 Å². The number of aromatic amines is 1. The van der Waals surface area contributed by atoms with E-state index in [2.05, 4.69) is 25.5 Å². The number of aromatic nitrogens is 3. The fourth-order valence-electron chi connectivity index (χ4n) is 1.14. The quantitative estimate of drug-likeness (QED) is 0.533. The molecule has 0 bridgehead atoms. The summed E-state index contributed by atoms with van der Waals surface area (Å²) in [6.07, 6.45) is -2.47. The minimum Gasteiger partial charge on any atom is -0.370 e. The van der Waals surface area contributed by atoms with Crippen LogP contribution in [0.25, 0.3) is 0 Å². The first-order chi connectivity index (χ1) is 7.95. The van der Waals surface area contributed by atoms with E-state index in [4.69, 9.17) is 5.73 Å². The Balaban J connectivity index is 1.92. The SMILES string of the molecule is NC(=NCc1nc(C(F)(F)F)n[nH]1)NC1CC1. The Bertz CT molecular complexity index is 419. The normalized spacial score (nSPS) is 17.2. The Morgan fingerprint density at radius 3 is 2.76 bits per heavy atom. The average Bonchev–Trinajstić information content (AvgIpc) is 2.90. The van der Waals surface area contributed by atoms with Crippen LogP contribution in [0, 0.1) is 0 Å². The molecule has 94 valence electrons. The lowest BCUT2D eigenvalue weighted by Crippen LogP contribution is -2.33. The standard InChI is InChI=1S/C8H11F3N6/c9-8(10,11)6-15-5(16-17-6)3-13-7(12)14-4-1-2-4/h4H,1-3H2,(H3,12,13,14)(H,15,16,17). The third-order valence-corrected chi connectivity index (χ3v) is 2.11. The van der Waals surface area contributed by atoms with E-state index in [0.29, 0.717) is 6.04 Å². The molecule has 0 aromatic carbocycles. The van der Waals surface area contributed by atoms with Gasteiger partial charge in [0, 0.05) is 6.04 Å². The Labute approximate surface area is 94.5 Å². The van der Waals surface area contributed by atoms with Gasteiger partial charge in [-0.3, -0.25) is 5.10 Å². The summed E-state index contributed by atoms with van der Waals surface area (Å²) in [5.41, 5.74) is 5.51. The molecule has 1 aliphatic rings. The zero-order valence-corrected chi connectivity index (χ0v) is 8.75. The van der Waals surface area contributed by atoms with Crippen molar-refractivity contribution in [3.05, 3.63) is 11.6 Å². The number of hydrogen-bond donors (Lipinski definition) is 3. The molecule has 0 atom stereocenters. The van der Waals surface area contributed by atoms with Gasteiger partial charge in [-0.05, 0) is 12.8 Å². The van der Waals surface area contributed by atoms with Gasteiger partial charge < -0.3 is 11.1 Å². The molecule has 1 aromatic heterocycles. The molecule has 1 fully saturated rings. The van der Waals surface area contributed by atoms with Crippen molar-refractivity contribution in [3.63, 3.8) is 0 Å². The molecule has 0 saturated heterocycles. The van der Waals surface area contributed by atoms with Gasteiger partial charge in [-0.2, -0.15) is 13.2 Å². The zero-order valence-electron chi connectivity index (χ0n) is 8.75. The predicted molar refractivity (Wildman–Crippen MR) is 52.9 cm³/mol. The van der Waals surface area contributed by atoms with E-state index >= 15 is 0 Å². The lowest BCUT2D eigenvalue weighted by Gasteiger charge is -2.01. The second-order valence-electron chi connectivity index (χ2n) is 3.72. The first-order valence-corrected chi connectivity index (χ1v) is 5.00. The minimum atomic E-state index is -4.55. The smallest absolute Gasteiger partial charge is 0.370 e. The molecule has 0 radical (unpaired) electrons. The third kappa shape index (κ3) is 3.33. The van der Waals surface area contributed by atoms with Gasteiger partial charge in [0.2, 0.25) is 0 Å². The summed E-state index contributed by atoms with van der Waals surface area (Å²) in [4.78, 5) is 7.12. The number of halogens is 3. The van der Waals surface area contributed by atoms with Gasteiger partial charge >= 0.3 is 6.18 Å². The molecule has 17 heavy (non-hydrogen) atoms. The van der Waals surface area contributed by atoms with Crippen LogP contribution in [0.2, 0.25) is 0 Å². The highest BCUT2D eigenvalue weighted by molar-refractivity contribution is 5.78. The van der Waals surface area contributed by atoms with Crippen molar-refractivity contribution >= 4 is 5.96 Å². The van der Waals surface area contributed by atoms with Crippen LogP contribution < -0.4 is 11.1 Å². The monoisotopic (exact) mass is 248 g/mol. The molecular weight excluding hydrogens is 237 g/mol. The fraction of sp³-hybridized carbons (Fsp3) is 0.625. The van der Waals surface area contributed by atoms with E-state index in [0.717, 1.165) is 12.8 Å². The summed E-state index contributed by atoms with van der Waals surface area (Å²) in [6.45, 7) is -0.0609. The molecular formula is C8H11F3N6. The van der Waals surface area contributed by atoms with E-state index in [-0.39, 0.29) is 18.3 Å². The van der Waals surface area contributed by atoms with Gasteiger partial charge in [0.05, 0.1) is 0 Å². The van der Waals surface area contributed by atoms with Crippen LogP contribution in [0.15, 0.2) is 4.99 Å². The summed E-state index contributed by atoms with van der Waals surface area (Å²) in [5.74, 6) is -0.966. The predicted octanol–water partition coefficient (Wildman–Crippen LogP) is 0.390. The molecule has 1 heterocycles. The molecule has 1 aromatic rings. The summed E-state index contributed by atoms with van der Waals surface area (Å²) < 4.78 is 36.5. The number of nitrogens with zero attached hydrogens (tertiary/aromatic N) is 3. The Morgan fingerprint density at radius 1 is 1.53 bits per heavy atom. The molecule has 0 amide bonds. The maximum absolute atomic E-state index is 12.2. The van der Waals surface area contributed by atoms with Crippen LogP contribution >= 0.6 is 0 Å². The van der Waals surface area contributed by atoms with Crippen molar-refractivity contribution in [1.82, 2.24) is 20.5 Å². The second kappa shape index (κ2) is 4.22. The van der Waals surface area contributed by atoms with Crippen molar-refractivity contribution in [1.29, 1.82) is 0 Å². The lowest BCUT2D eigenvalue weighted by atomic mass is 10.6. The van der Waals surface area contributed by atoms with Gasteiger partial charge in [-0.15, -0.1) is 5.10 Å². The van der Waals surface area contributed by atoms with E-state index < -0.39 is 12.0 Å². The van der Waals surface area contributed by atoms with Gasteiger partial charge in [0.1, 0.15) is 12.4 Å². The maximum Gasteiger partial charge on any atom is 0.453 e. The first-order valence-electron chi connectivity index (χ1n) is 5.00. The number of rotatable bonds is 3. The van der Waals surface area contributed by atoms with Crippen LogP contribution in [0.3, 0.4) is 0 Å².